The number of halogens is 1. The molecular weight excluding hydrogens is 363 g/mol. The fraction of sp³-hybridized carbons (Fsp3) is 0.727. The summed E-state index contributed by atoms with van der Waals surface area (Å²) in [5, 5.41) is 32.0. The summed E-state index contributed by atoms with van der Waals surface area (Å²) >= 11 is 0. The second-order valence-electron chi connectivity index (χ2n) is 9.75. The zero-order chi connectivity index (χ0) is 20.7. The quantitative estimate of drug-likeness (QED) is 0.667. The molecule has 0 unspecified atom stereocenters. The van der Waals surface area contributed by atoms with E-state index in [-0.39, 0.29) is 18.1 Å². The maximum Gasteiger partial charge on any atom is 0.190 e. The van der Waals surface area contributed by atoms with E-state index in [1.54, 1.807) is 26.8 Å². The van der Waals surface area contributed by atoms with Gasteiger partial charge in [0.1, 0.15) is 12.2 Å². The van der Waals surface area contributed by atoms with E-state index in [0.29, 0.717) is 24.8 Å². The molecule has 0 spiro atoms. The van der Waals surface area contributed by atoms with Crippen molar-refractivity contribution in [2.75, 3.05) is 6.61 Å². The smallest absolute Gasteiger partial charge is 0.190 e. The summed E-state index contributed by atoms with van der Waals surface area (Å²) in [6.07, 6.45) is 4.44. The molecule has 0 saturated heterocycles. The van der Waals surface area contributed by atoms with E-state index in [4.69, 9.17) is 0 Å². The summed E-state index contributed by atoms with van der Waals surface area (Å²) in [5.41, 5.74) is -5.17. The van der Waals surface area contributed by atoms with Gasteiger partial charge in [-0.3, -0.25) is 9.59 Å². The third kappa shape index (κ3) is 2.01. The number of fused-ring (bicyclic) bond motifs is 5. The maximum atomic E-state index is 16.9. The first-order valence-electron chi connectivity index (χ1n) is 10.1. The van der Waals surface area contributed by atoms with Crippen LogP contribution in [0, 0.1) is 28.6 Å². The summed E-state index contributed by atoms with van der Waals surface area (Å²) < 4.78 is 16.9. The van der Waals surface area contributed by atoms with Crippen LogP contribution in [0.1, 0.15) is 46.5 Å². The van der Waals surface area contributed by atoms with Crippen LogP contribution >= 0.6 is 0 Å². The molecule has 4 aliphatic carbocycles. The van der Waals surface area contributed by atoms with Crippen LogP contribution in [0.3, 0.4) is 0 Å². The van der Waals surface area contributed by atoms with Gasteiger partial charge in [0.15, 0.2) is 17.2 Å². The lowest BCUT2D eigenvalue weighted by atomic mass is 9.44. The van der Waals surface area contributed by atoms with Crippen LogP contribution in [0.4, 0.5) is 4.39 Å². The van der Waals surface area contributed by atoms with E-state index in [1.807, 2.05) is 0 Å². The first-order chi connectivity index (χ1) is 13.0. The largest absolute Gasteiger partial charge is 0.390 e. The van der Waals surface area contributed by atoms with Crippen molar-refractivity contribution in [1.29, 1.82) is 0 Å². The van der Waals surface area contributed by atoms with Gasteiger partial charge in [-0.2, -0.15) is 0 Å². The predicted octanol–water partition coefficient (Wildman–Crippen LogP) is 1.90. The SMILES string of the molecule is C[C@@H]1C[C@H]2[C@H]3CCC4=CC(=O)C=C[C@]4(C)[C@@]3(F)[C@@H](O)C[C@]2(C)[C@@]1(O)C(=O)CO. The number of aliphatic hydroxyl groups is 3. The highest BCUT2D eigenvalue weighted by atomic mass is 19.1. The number of allylic oxidation sites excluding steroid dienone is 4. The molecule has 6 heteroatoms. The average molecular weight is 392 g/mol. The molecule has 0 aliphatic heterocycles. The molecular formula is C22H29FO5. The summed E-state index contributed by atoms with van der Waals surface area (Å²) in [6.45, 7) is 4.48. The van der Waals surface area contributed by atoms with Gasteiger partial charge in [-0.05, 0) is 56.6 Å². The summed E-state index contributed by atoms with van der Waals surface area (Å²) in [6, 6.07) is 0. The fourth-order valence-corrected chi connectivity index (χ4v) is 7.26. The second kappa shape index (κ2) is 5.83. The zero-order valence-electron chi connectivity index (χ0n) is 16.6. The second-order valence-corrected chi connectivity index (χ2v) is 9.75. The zero-order valence-corrected chi connectivity index (χ0v) is 16.6. The van der Waals surface area contributed by atoms with Crippen LogP contribution in [0.25, 0.3) is 0 Å². The Morgan fingerprint density at radius 2 is 2.00 bits per heavy atom. The lowest BCUT2D eigenvalue weighted by Gasteiger charge is -2.62. The average Bonchev–Trinajstić information content (AvgIpc) is 2.84. The van der Waals surface area contributed by atoms with Gasteiger partial charge in [0.25, 0.3) is 0 Å². The molecule has 4 rings (SSSR count). The fourth-order valence-electron chi connectivity index (χ4n) is 7.26. The third-order valence-corrected chi connectivity index (χ3v) is 8.79. The minimum absolute atomic E-state index is 0.0676. The van der Waals surface area contributed by atoms with E-state index >= 15 is 4.39 Å². The van der Waals surface area contributed by atoms with E-state index in [2.05, 4.69) is 0 Å². The Kier molecular flexibility index (Phi) is 4.15. The first kappa shape index (κ1) is 19.9. The molecule has 154 valence electrons. The molecule has 3 fully saturated rings. The Hall–Kier alpha value is -1.37. The van der Waals surface area contributed by atoms with Gasteiger partial charge in [0.05, 0.1) is 6.10 Å². The van der Waals surface area contributed by atoms with Crippen LogP contribution in [0.5, 0.6) is 0 Å². The Bertz CT molecular complexity index is 805. The van der Waals surface area contributed by atoms with E-state index < -0.39 is 52.4 Å². The first-order valence-corrected chi connectivity index (χ1v) is 10.1. The number of Topliss-reactive ketones (excluding diaryl/α,β-unsaturated/α-hetero) is 1. The third-order valence-electron chi connectivity index (χ3n) is 8.79. The van der Waals surface area contributed by atoms with E-state index in [0.717, 1.165) is 0 Å². The summed E-state index contributed by atoms with van der Waals surface area (Å²) in [5.74, 6) is -2.12. The van der Waals surface area contributed by atoms with Gasteiger partial charge in [-0.1, -0.05) is 25.5 Å². The number of ketones is 2. The van der Waals surface area contributed by atoms with Crippen molar-refractivity contribution in [1.82, 2.24) is 0 Å². The van der Waals surface area contributed by atoms with Gasteiger partial charge in [-0.15, -0.1) is 0 Å². The molecule has 0 bridgehead atoms. The van der Waals surface area contributed by atoms with Gasteiger partial charge in [0.2, 0.25) is 0 Å². The van der Waals surface area contributed by atoms with Gasteiger partial charge < -0.3 is 15.3 Å². The Morgan fingerprint density at radius 3 is 2.64 bits per heavy atom. The van der Waals surface area contributed by atoms with E-state index in [1.165, 1.54) is 12.2 Å². The Balaban J connectivity index is 1.84. The molecule has 0 aromatic heterocycles. The lowest BCUT2D eigenvalue weighted by molar-refractivity contribution is -0.219. The molecule has 3 saturated carbocycles. The maximum absolute atomic E-state index is 16.9. The number of alkyl halides is 1. The highest BCUT2D eigenvalue weighted by molar-refractivity contribution is 6.01. The summed E-state index contributed by atoms with van der Waals surface area (Å²) in [4.78, 5) is 24.4. The van der Waals surface area contributed by atoms with Crippen molar-refractivity contribution in [3.8, 4) is 0 Å². The molecule has 0 aromatic carbocycles. The minimum Gasteiger partial charge on any atom is -0.390 e. The molecule has 0 aromatic rings. The van der Waals surface area contributed by atoms with Crippen molar-refractivity contribution >= 4 is 11.6 Å². The van der Waals surface area contributed by atoms with Gasteiger partial charge in [-0.25, -0.2) is 4.39 Å². The number of rotatable bonds is 2. The number of hydrogen-bond donors (Lipinski definition) is 3. The highest BCUT2D eigenvalue weighted by Gasteiger charge is 2.75. The van der Waals surface area contributed by atoms with Gasteiger partial charge in [0, 0.05) is 16.7 Å². The Labute approximate surface area is 164 Å². The number of carbonyl (C=O) groups is 2. The highest BCUT2D eigenvalue weighted by Crippen LogP contribution is 2.70. The molecule has 5 nitrogen and oxygen atoms in total. The number of hydrogen-bond acceptors (Lipinski definition) is 5. The molecule has 0 amide bonds. The van der Waals surface area contributed by atoms with Crippen molar-refractivity contribution < 1.29 is 29.3 Å². The predicted molar refractivity (Wildman–Crippen MR) is 99.9 cm³/mol. The standard InChI is InChI=1S/C22H29FO5/c1-12-8-16-15-5-4-13-9-14(25)6-7-19(13,2)21(15,23)17(26)10-20(16,3)22(12,28)18(27)11-24/h6-7,9,12,15-17,24,26,28H,4-5,8,10-11H2,1-3H3/t12-,15-,16+,17+,19+,20+,21+,22+/m1/s1. The van der Waals surface area contributed by atoms with Crippen molar-refractivity contribution in [2.45, 2.75) is 63.8 Å². The molecule has 3 N–H and O–H groups in total. The topological polar surface area (TPSA) is 94.8 Å². The van der Waals surface area contributed by atoms with E-state index in [9.17, 15) is 24.9 Å². The molecule has 28 heavy (non-hydrogen) atoms. The molecule has 0 heterocycles. The monoisotopic (exact) mass is 392 g/mol. The lowest BCUT2D eigenvalue weighted by Crippen LogP contribution is -2.69. The Morgan fingerprint density at radius 1 is 1.32 bits per heavy atom. The van der Waals surface area contributed by atoms with Crippen molar-refractivity contribution in [3.05, 3.63) is 23.8 Å². The molecule has 8 atom stereocenters. The molecule has 0 radical (unpaired) electrons. The normalized spacial score (nSPS) is 52.5. The summed E-state index contributed by atoms with van der Waals surface area (Å²) in [7, 11) is 0. The number of aliphatic hydroxyl groups excluding tert-OH is 2. The van der Waals surface area contributed by atoms with Gasteiger partial charge >= 0.3 is 0 Å². The minimum atomic E-state index is -1.98. The van der Waals surface area contributed by atoms with Crippen LogP contribution in [-0.2, 0) is 9.59 Å². The number of carbonyl (C=O) groups excluding carboxylic acids is 2. The van der Waals surface area contributed by atoms with Crippen molar-refractivity contribution in [2.24, 2.45) is 28.6 Å². The van der Waals surface area contributed by atoms with Crippen LogP contribution in [0.2, 0.25) is 0 Å². The van der Waals surface area contributed by atoms with Crippen LogP contribution in [0.15, 0.2) is 23.8 Å². The van der Waals surface area contributed by atoms with Crippen LogP contribution in [-0.4, -0.2) is 50.9 Å². The van der Waals surface area contributed by atoms with Crippen LogP contribution < -0.4 is 0 Å². The molecule has 4 aliphatic rings. The van der Waals surface area contributed by atoms with Crippen molar-refractivity contribution in [3.63, 3.8) is 0 Å².